The molecular weight excluding hydrogens is 240 g/mol. The van der Waals surface area contributed by atoms with E-state index < -0.39 is 0 Å². The summed E-state index contributed by atoms with van der Waals surface area (Å²) in [6.07, 6.45) is 0. The van der Waals surface area contributed by atoms with Gasteiger partial charge in [0, 0.05) is 28.9 Å². The second kappa shape index (κ2) is 5.54. The molecule has 0 amide bonds. The fourth-order valence-electron chi connectivity index (χ4n) is 1.25. The summed E-state index contributed by atoms with van der Waals surface area (Å²) in [7, 11) is 0. The smallest absolute Gasteiger partial charge is 0.124 e. The second-order valence-electron chi connectivity index (χ2n) is 3.62. The van der Waals surface area contributed by atoms with Crippen LogP contribution in [-0.2, 0) is 6.54 Å². The van der Waals surface area contributed by atoms with Gasteiger partial charge in [0.25, 0.3) is 0 Å². The molecule has 0 fully saturated rings. The first-order valence-electron chi connectivity index (χ1n) is 5.11. The van der Waals surface area contributed by atoms with E-state index in [-0.39, 0.29) is 12.6 Å². The van der Waals surface area contributed by atoms with Gasteiger partial charge in [-0.1, -0.05) is 0 Å². The number of thiophene rings is 1. The van der Waals surface area contributed by atoms with Crippen molar-refractivity contribution < 1.29 is 5.11 Å². The van der Waals surface area contributed by atoms with E-state index in [0.717, 1.165) is 10.7 Å². The normalized spacial score (nSPS) is 12.9. The monoisotopic (exact) mass is 254 g/mol. The van der Waals surface area contributed by atoms with Crippen LogP contribution < -0.4 is 5.32 Å². The van der Waals surface area contributed by atoms with Crippen molar-refractivity contribution >= 4 is 22.7 Å². The largest absolute Gasteiger partial charge is 0.395 e. The summed E-state index contributed by atoms with van der Waals surface area (Å²) in [6.45, 7) is 2.82. The first-order chi connectivity index (χ1) is 7.79. The molecule has 0 bridgehead atoms. The Balaban J connectivity index is 1.98. The summed E-state index contributed by atoms with van der Waals surface area (Å²) in [5.41, 5.74) is 2.22. The maximum atomic E-state index is 8.89. The minimum absolute atomic E-state index is 0.117. The van der Waals surface area contributed by atoms with Crippen LogP contribution in [0.15, 0.2) is 22.2 Å². The van der Waals surface area contributed by atoms with Crippen molar-refractivity contribution in [1.29, 1.82) is 0 Å². The molecule has 5 heteroatoms. The lowest BCUT2D eigenvalue weighted by atomic mass is 10.3. The molecule has 0 saturated heterocycles. The molecule has 2 heterocycles. The molecule has 0 spiro atoms. The summed E-state index contributed by atoms with van der Waals surface area (Å²) < 4.78 is 0. The third kappa shape index (κ3) is 2.89. The minimum atomic E-state index is 0.117. The van der Waals surface area contributed by atoms with Gasteiger partial charge in [-0.15, -0.1) is 11.3 Å². The van der Waals surface area contributed by atoms with Crippen LogP contribution in [0.2, 0.25) is 0 Å². The van der Waals surface area contributed by atoms with Crippen LogP contribution in [0.5, 0.6) is 0 Å². The highest BCUT2D eigenvalue weighted by Crippen LogP contribution is 2.25. The van der Waals surface area contributed by atoms with Crippen LogP contribution in [0.4, 0.5) is 0 Å². The summed E-state index contributed by atoms with van der Waals surface area (Å²) in [4.78, 5) is 4.54. The van der Waals surface area contributed by atoms with Crippen LogP contribution in [0, 0.1) is 0 Å². The first-order valence-corrected chi connectivity index (χ1v) is 6.93. The van der Waals surface area contributed by atoms with Crippen LogP contribution in [0.25, 0.3) is 10.6 Å². The van der Waals surface area contributed by atoms with Crippen molar-refractivity contribution in [3.8, 4) is 10.6 Å². The van der Waals surface area contributed by atoms with Gasteiger partial charge in [-0.25, -0.2) is 4.98 Å². The Morgan fingerprint density at radius 2 is 2.38 bits per heavy atom. The lowest BCUT2D eigenvalue weighted by Gasteiger charge is -2.08. The summed E-state index contributed by atoms with van der Waals surface area (Å²) in [5.74, 6) is 0. The van der Waals surface area contributed by atoms with Gasteiger partial charge in [-0.05, 0) is 18.4 Å². The van der Waals surface area contributed by atoms with Crippen LogP contribution in [0.3, 0.4) is 0 Å². The quantitative estimate of drug-likeness (QED) is 0.861. The van der Waals surface area contributed by atoms with Gasteiger partial charge in [-0.3, -0.25) is 0 Å². The third-order valence-corrected chi connectivity index (χ3v) is 3.85. The maximum absolute atomic E-state index is 8.89. The number of aliphatic hydroxyl groups is 1. The van der Waals surface area contributed by atoms with Crippen molar-refractivity contribution in [1.82, 2.24) is 10.3 Å². The van der Waals surface area contributed by atoms with E-state index in [0.29, 0.717) is 6.54 Å². The number of aromatic nitrogens is 1. The lowest BCUT2D eigenvalue weighted by molar-refractivity contribution is 0.250. The molecule has 0 aromatic carbocycles. The predicted octanol–water partition coefficient (Wildman–Crippen LogP) is 2.34. The Morgan fingerprint density at radius 3 is 3.06 bits per heavy atom. The number of thiazole rings is 1. The van der Waals surface area contributed by atoms with E-state index in [2.05, 4.69) is 32.5 Å². The summed E-state index contributed by atoms with van der Waals surface area (Å²) in [5, 5.41) is 19.4. The number of aliphatic hydroxyl groups excluding tert-OH is 1. The molecule has 1 atom stereocenters. The first kappa shape index (κ1) is 11.7. The molecule has 0 aliphatic rings. The van der Waals surface area contributed by atoms with E-state index >= 15 is 0 Å². The SMILES string of the molecule is CC(CO)NCc1csc(-c2ccsc2)n1. The van der Waals surface area contributed by atoms with Gasteiger partial charge >= 0.3 is 0 Å². The highest BCUT2D eigenvalue weighted by molar-refractivity contribution is 7.14. The van der Waals surface area contributed by atoms with Crippen molar-refractivity contribution in [2.45, 2.75) is 19.5 Å². The van der Waals surface area contributed by atoms with Gasteiger partial charge in [0.2, 0.25) is 0 Å². The fraction of sp³-hybridized carbons (Fsp3) is 0.364. The molecule has 86 valence electrons. The van der Waals surface area contributed by atoms with Crippen LogP contribution >= 0.6 is 22.7 Å². The number of rotatable bonds is 5. The van der Waals surface area contributed by atoms with E-state index in [9.17, 15) is 0 Å². The van der Waals surface area contributed by atoms with Crippen LogP contribution in [-0.4, -0.2) is 22.7 Å². The molecular formula is C11H14N2OS2. The minimum Gasteiger partial charge on any atom is -0.395 e. The average Bonchev–Trinajstić information content (AvgIpc) is 2.95. The Labute approximate surface area is 103 Å². The Bertz CT molecular complexity index is 425. The summed E-state index contributed by atoms with van der Waals surface area (Å²) in [6, 6.07) is 2.20. The van der Waals surface area contributed by atoms with E-state index in [4.69, 9.17) is 5.11 Å². The van der Waals surface area contributed by atoms with Crippen molar-refractivity contribution in [2.75, 3.05) is 6.61 Å². The predicted molar refractivity (Wildman–Crippen MR) is 68.8 cm³/mol. The molecule has 2 aromatic heterocycles. The Hall–Kier alpha value is -0.750. The highest BCUT2D eigenvalue weighted by atomic mass is 32.1. The molecule has 2 aromatic rings. The van der Waals surface area contributed by atoms with Crippen molar-refractivity contribution in [3.05, 3.63) is 27.9 Å². The standard InChI is InChI=1S/C11H14N2OS2/c1-8(5-14)12-4-10-7-16-11(13-10)9-2-3-15-6-9/h2-3,6-8,12,14H,4-5H2,1H3. The molecule has 3 nitrogen and oxygen atoms in total. The van der Waals surface area contributed by atoms with E-state index in [1.165, 1.54) is 5.56 Å². The molecule has 1 unspecified atom stereocenters. The van der Waals surface area contributed by atoms with E-state index in [1.54, 1.807) is 22.7 Å². The molecule has 0 radical (unpaired) electrons. The second-order valence-corrected chi connectivity index (χ2v) is 5.26. The van der Waals surface area contributed by atoms with Gasteiger partial charge in [0.1, 0.15) is 5.01 Å². The molecule has 16 heavy (non-hydrogen) atoms. The average molecular weight is 254 g/mol. The van der Waals surface area contributed by atoms with Crippen molar-refractivity contribution in [3.63, 3.8) is 0 Å². The van der Waals surface area contributed by atoms with Gasteiger partial charge in [-0.2, -0.15) is 11.3 Å². The van der Waals surface area contributed by atoms with Crippen molar-refractivity contribution in [2.24, 2.45) is 0 Å². The number of nitrogens with zero attached hydrogens (tertiary/aromatic N) is 1. The zero-order chi connectivity index (χ0) is 11.4. The van der Waals surface area contributed by atoms with Gasteiger partial charge in [0.15, 0.2) is 0 Å². The number of hydrogen-bond acceptors (Lipinski definition) is 5. The number of nitrogens with one attached hydrogen (secondary N) is 1. The third-order valence-electron chi connectivity index (χ3n) is 2.23. The maximum Gasteiger partial charge on any atom is 0.124 e. The van der Waals surface area contributed by atoms with E-state index in [1.807, 2.05) is 6.92 Å². The molecule has 2 rings (SSSR count). The zero-order valence-electron chi connectivity index (χ0n) is 9.01. The number of hydrogen-bond donors (Lipinski definition) is 2. The lowest BCUT2D eigenvalue weighted by Crippen LogP contribution is -2.28. The molecule has 2 N–H and O–H groups in total. The Morgan fingerprint density at radius 1 is 1.50 bits per heavy atom. The zero-order valence-corrected chi connectivity index (χ0v) is 10.6. The topological polar surface area (TPSA) is 45.1 Å². The summed E-state index contributed by atoms with van der Waals surface area (Å²) >= 11 is 3.34. The highest BCUT2D eigenvalue weighted by Gasteiger charge is 2.06. The van der Waals surface area contributed by atoms with Crippen LogP contribution in [0.1, 0.15) is 12.6 Å². The Kier molecular flexibility index (Phi) is 4.06. The fourth-order valence-corrected chi connectivity index (χ4v) is 2.78. The van der Waals surface area contributed by atoms with Gasteiger partial charge in [0.05, 0.1) is 12.3 Å². The molecule has 0 saturated carbocycles. The van der Waals surface area contributed by atoms with Gasteiger partial charge < -0.3 is 10.4 Å². The molecule has 0 aliphatic heterocycles. The molecule has 0 aliphatic carbocycles.